The summed E-state index contributed by atoms with van der Waals surface area (Å²) in [6, 6.07) is 6.56. The molecule has 72 valence electrons. The number of hydrogen-bond acceptors (Lipinski definition) is 2. The van der Waals surface area contributed by atoms with Crippen molar-refractivity contribution in [3.8, 4) is 0 Å². The van der Waals surface area contributed by atoms with Crippen molar-refractivity contribution in [2.75, 3.05) is 11.5 Å². The Bertz CT molecular complexity index is 274. The normalized spacial score (nSPS) is 10.4. The van der Waals surface area contributed by atoms with Gasteiger partial charge in [-0.3, -0.25) is 0 Å². The summed E-state index contributed by atoms with van der Waals surface area (Å²) in [6.07, 6.45) is 0. The van der Waals surface area contributed by atoms with Gasteiger partial charge in [0, 0.05) is 14.3 Å². The van der Waals surface area contributed by atoms with E-state index in [2.05, 4.69) is 48.0 Å². The van der Waals surface area contributed by atoms with Crippen LogP contribution in [0.2, 0.25) is 0 Å². The maximum Gasteiger partial charge on any atom is 0.0312 e. The van der Waals surface area contributed by atoms with Gasteiger partial charge >= 0.3 is 0 Å². The molecule has 1 aromatic rings. The van der Waals surface area contributed by atoms with Gasteiger partial charge in [-0.15, -0.1) is 23.5 Å². The Morgan fingerprint density at radius 3 is 2.46 bits per heavy atom. The minimum absolute atomic E-state index is 1.12. The van der Waals surface area contributed by atoms with Crippen LogP contribution in [0.1, 0.15) is 13.8 Å². The molecule has 0 amide bonds. The molecule has 0 saturated heterocycles. The molecule has 3 heteroatoms. The smallest absolute Gasteiger partial charge is 0.0312 e. The lowest BCUT2D eigenvalue weighted by molar-refractivity contribution is 1.29. The van der Waals surface area contributed by atoms with Gasteiger partial charge < -0.3 is 0 Å². The molecule has 0 atom stereocenters. The molecule has 1 rings (SSSR count). The quantitative estimate of drug-likeness (QED) is 0.733. The van der Waals surface area contributed by atoms with Gasteiger partial charge in [-0.25, -0.2) is 0 Å². The Morgan fingerprint density at radius 1 is 1.15 bits per heavy atom. The van der Waals surface area contributed by atoms with Crippen molar-refractivity contribution in [2.45, 2.75) is 23.6 Å². The standard InChI is InChI=1S/C10H13BrS2/c1-3-12-8-5-6-9(11)10(7-8)13-4-2/h5-7H,3-4H2,1-2H3. The number of hydrogen-bond donors (Lipinski definition) is 0. The second-order valence-corrected chi connectivity index (χ2v) is 5.96. The van der Waals surface area contributed by atoms with Crippen LogP contribution in [0.15, 0.2) is 32.5 Å². The Hall–Kier alpha value is 0.400. The lowest BCUT2D eigenvalue weighted by Gasteiger charge is -2.05. The van der Waals surface area contributed by atoms with E-state index in [1.165, 1.54) is 14.3 Å². The maximum atomic E-state index is 3.55. The van der Waals surface area contributed by atoms with Crippen molar-refractivity contribution in [3.63, 3.8) is 0 Å². The summed E-state index contributed by atoms with van der Waals surface area (Å²) >= 11 is 7.32. The molecular weight excluding hydrogens is 264 g/mol. The van der Waals surface area contributed by atoms with Crippen LogP contribution in [0.3, 0.4) is 0 Å². The molecule has 0 aliphatic rings. The van der Waals surface area contributed by atoms with E-state index in [4.69, 9.17) is 0 Å². The molecule has 0 saturated carbocycles. The van der Waals surface area contributed by atoms with Gasteiger partial charge in [0.15, 0.2) is 0 Å². The third kappa shape index (κ3) is 3.56. The van der Waals surface area contributed by atoms with Gasteiger partial charge in [-0.2, -0.15) is 0 Å². The molecule has 0 aliphatic carbocycles. The van der Waals surface area contributed by atoms with E-state index in [0.29, 0.717) is 0 Å². The fourth-order valence-corrected chi connectivity index (χ4v) is 3.10. The zero-order valence-electron chi connectivity index (χ0n) is 7.84. The van der Waals surface area contributed by atoms with E-state index in [1.807, 2.05) is 23.5 Å². The molecule has 0 heterocycles. The van der Waals surface area contributed by atoms with Crippen molar-refractivity contribution >= 4 is 39.5 Å². The monoisotopic (exact) mass is 276 g/mol. The van der Waals surface area contributed by atoms with Crippen molar-refractivity contribution in [1.82, 2.24) is 0 Å². The topological polar surface area (TPSA) is 0 Å². The van der Waals surface area contributed by atoms with Crippen LogP contribution in [0.5, 0.6) is 0 Å². The lowest BCUT2D eigenvalue weighted by Crippen LogP contribution is -1.79. The van der Waals surface area contributed by atoms with Gasteiger partial charge in [0.1, 0.15) is 0 Å². The first kappa shape index (κ1) is 11.5. The Labute approximate surface area is 97.0 Å². The molecule has 0 radical (unpaired) electrons. The van der Waals surface area contributed by atoms with Gasteiger partial charge in [0.05, 0.1) is 0 Å². The summed E-state index contributed by atoms with van der Waals surface area (Å²) in [6.45, 7) is 4.36. The molecule has 1 aromatic carbocycles. The summed E-state index contributed by atoms with van der Waals surface area (Å²) in [7, 11) is 0. The fourth-order valence-electron chi connectivity index (χ4n) is 1.01. The first-order chi connectivity index (χ1) is 6.27. The third-order valence-corrected chi connectivity index (χ3v) is 4.28. The number of benzene rings is 1. The van der Waals surface area contributed by atoms with Crippen LogP contribution >= 0.6 is 39.5 Å². The van der Waals surface area contributed by atoms with Crippen molar-refractivity contribution < 1.29 is 0 Å². The number of halogens is 1. The SMILES string of the molecule is CCSc1ccc(Br)c(SCC)c1. The minimum atomic E-state index is 1.12. The van der Waals surface area contributed by atoms with Gasteiger partial charge in [-0.1, -0.05) is 13.8 Å². The molecule has 0 unspecified atom stereocenters. The predicted octanol–water partition coefficient (Wildman–Crippen LogP) is 4.67. The van der Waals surface area contributed by atoms with Gasteiger partial charge in [-0.05, 0) is 45.6 Å². The van der Waals surface area contributed by atoms with E-state index >= 15 is 0 Å². The molecule has 0 spiro atoms. The summed E-state index contributed by atoms with van der Waals surface area (Å²) in [4.78, 5) is 2.71. The van der Waals surface area contributed by atoms with Crippen molar-refractivity contribution in [1.29, 1.82) is 0 Å². The molecule has 0 fully saturated rings. The minimum Gasteiger partial charge on any atom is -0.126 e. The highest BCUT2D eigenvalue weighted by atomic mass is 79.9. The van der Waals surface area contributed by atoms with E-state index < -0.39 is 0 Å². The van der Waals surface area contributed by atoms with E-state index in [0.717, 1.165) is 11.5 Å². The highest BCUT2D eigenvalue weighted by molar-refractivity contribution is 9.10. The zero-order valence-corrected chi connectivity index (χ0v) is 11.1. The summed E-state index contributed by atoms with van der Waals surface area (Å²) in [5, 5.41) is 0. The van der Waals surface area contributed by atoms with Crippen LogP contribution in [0.25, 0.3) is 0 Å². The van der Waals surface area contributed by atoms with Crippen molar-refractivity contribution in [2.24, 2.45) is 0 Å². The molecule has 0 aliphatic heterocycles. The average Bonchev–Trinajstić information content (AvgIpc) is 2.12. The third-order valence-electron chi connectivity index (χ3n) is 1.51. The highest BCUT2D eigenvalue weighted by Crippen LogP contribution is 2.31. The second-order valence-electron chi connectivity index (χ2n) is 2.46. The Balaban J connectivity index is 2.83. The van der Waals surface area contributed by atoms with E-state index in [9.17, 15) is 0 Å². The van der Waals surface area contributed by atoms with Gasteiger partial charge in [0.25, 0.3) is 0 Å². The van der Waals surface area contributed by atoms with Gasteiger partial charge in [0.2, 0.25) is 0 Å². The zero-order chi connectivity index (χ0) is 9.68. The first-order valence-electron chi connectivity index (χ1n) is 4.33. The summed E-state index contributed by atoms with van der Waals surface area (Å²) < 4.78 is 1.21. The molecule has 13 heavy (non-hydrogen) atoms. The molecule has 0 N–H and O–H groups in total. The van der Waals surface area contributed by atoms with E-state index in [1.54, 1.807) is 0 Å². The molecule has 0 nitrogen and oxygen atoms in total. The second kappa shape index (κ2) is 5.99. The molecule has 0 aromatic heterocycles. The van der Waals surface area contributed by atoms with Crippen LogP contribution < -0.4 is 0 Å². The highest BCUT2D eigenvalue weighted by Gasteiger charge is 2.00. The molecule has 0 bridgehead atoms. The van der Waals surface area contributed by atoms with Crippen molar-refractivity contribution in [3.05, 3.63) is 22.7 Å². The Morgan fingerprint density at radius 2 is 1.85 bits per heavy atom. The van der Waals surface area contributed by atoms with Crippen LogP contribution in [0, 0.1) is 0 Å². The van der Waals surface area contributed by atoms with Crippen LogP contribution in [-0.2, 0) is 0 Å². The Kier molecular flexibility index (Phi) is 5.29. The fraction of sp³-hybridized carbons (Fsp3) is 0.400. The largest absolute Gasteiger partial charge is 0.126 e. The summed E-state index contributed by atoms with van der Waals surface area (Å²) in [5.41, 5.74) is 0. The van der Waals surface area contributed by atoms with E-state index in [-0.39, 0.29) is 0 Å². The van der Waals surface area contributed by atoms with Crippen LogP contribution in [-0.4, -0.2) is 11.5 Å². The summed E-state index contributed by atoms with van der Waals surface area (Å²) in [5.74, 6) is 2.26. The number of rotatable bonds is 4. The predicted molar refractivity (Wildman–Crippen MR) is 66.9 cm³/mol. The first-order valence-corrected chi connectivity index (χ1v) is 7.09. The lowest BCUT2D eigenvalue weighted by atomic mass is 10.4. The molecular formula is C10H13BrS2. The number of thioether (sulfide) groups is 2. The maximum absolute atomic E-state index is 3.55. The van der Waals surface area contributed by atoms with Crippen LogP contribution in [0.4, 0.5) is 0 Å². The average molecular weight is 277 g/mol.